The number of rotatable bonds is 8. The van der Waals surface area contributed by atoms with Crippen molar-refractivity contribution in [1.82, 2.24) is 20.0 Å². The summed E-state index contributed by atoms with van der Waals surface area (Å²) in [4.78, 5) is 28.1. The van der Waals surface area contributed by atoms with E-state index >= 15 is 0 Å². The zero-order chi connectivity index (χ0) is 32.9. The number of amides is 2. The van der Waals surface area contributed by atoms with Crippen molar-refractivity contribution in [2.45, 2.75) is 31.0 Å². The van der Waals surface area contributed by atoms with Gasteiger partial charge in [-0.25, -0.2) is 9.48 Å². The van der Waals surface area contributed by atoms with Crippen LogP contribution in [0.25, 0.3) is 10.9 Å². The van der Waals surface area contributed by atoms with E-state index in [1.807, 2.05) is 66.7 Å². The topological polar surface area (TPSA) is 76.5 Å². The molecule has 1 aliphatic rings. The summed E-state index contributed by atoms with van der Waals surface area (Å²) in [6.07, 6.45) is 1.20. The van der Waals surface area contributed by atoms with Crippen molar-refractivity contribution in [3.8, 4) is 0 Å². The number of piperidine rings is 1. The van der Waals surface area contributed by atoms with Crippen LogP contribution in [0.2, 0.25) is 0 Å². The SMILES string of the molecule is O=C(N[C@@H]1CCCN(C(=O)OCc2ccccc2)C1)c1ccc2c(c1)c(Br)nn2C(c1ccccc1)(c1ccccc1)c1ccccc1. The second kappa shape index (κ2) is 13.9. The van der Waals surface area contributed by atoms with Crippen LogP contribution >= 0.6 is 15.9 Å². The second-order valence-corrected chi connectivity index (χ2v) is 12.8. The molecular weight excluding hydrogens is 664 g/mol. The van der Waals surface area contributed by atoms with Crippen LogP contribution in [0.4, 0.5) is 4.79 Å². The second-order valence-electron chi connectivity index (χ2n) is 12.0. The highest BCUT2D eigenvalue weighted by molar-refractivity contribution is 9.10. The molecule has 240 valence electrons. The van der Waals surface area contributed by atoms with E-state index < -0.39 is 5.54 Å². The fourth-order valence-corrected chi connectivity index (χ4v) is 7.20. The van der Waals surface area contributed by atoms with Crippen molar-refractivity contribution in [2.75, 3.05) is 13.1 Å². The third-order valence-electron chi connectivity index (χ3n) is 9.01. The average molecular weight is 700 g/mol. The molecule has 2 amide bonds. The Balaban J connectivity index is 1.18. The standard InChI is InChI=1S/C40H35BrN4O3/c41-37-35-26-30(38(46)42-34-22-13-25-44(27-34)39(47)48-28-29-14-5-1-6-15-29)23-24-36(35)45(43-37)40(31-16-7-2-8-17-31,32-18-9-3-10-19-32)33-20-11-4-12-21-33/h1-12,14-21,23-24,26,34H,13,22,25,27-28H2,(H,42,46)/t34-/m1/s1. The number of carbonyl (C=O) groups excluding carboxylic acids is 2. The lowest BCUT2D eigenvalue weighted by molar-refractivity contribution is 0.0770. The van der Waals surface area contributed by atoms with Crippen molar-refractivity contribution in [2.24, 2.45) is 0 Å². The summed E-state index contributed by atoms with van der Waals surface area (Å²) in [5.74, 6) is -0.193. The maximum atomic E-state index is 13.6. The number of likely N-dealkylation sites (tertiary alicyclic amines) is 1. The zero-order valence-corrected chi connectivity index (χ0v) is 27.9. The van der Waals surface area contributed by atoms with Gasteiger partial charge in [-0.1, -0.05) is 121 Å². The number of carbonyl (C=O) groups is 2. The monoisotopic (exact) mass is 698 g/mol. The number of hydrogen-bond donors (Lipinski definition) is 1. The maximum absolute atomic E-state index is 13.6. The molecule has 1 fully saturated rings. The quantitative estimate of drug-likeness (QED) is 0.163. The Labute approximate surface area is 288 Å². The van der Waals surface area contributed by atoms with E-state index in [0.29, 0.717) is 23.3 Å². The number of nitrogens with zero attached hydrogens (tertiary/aromatic N) is 3. The van der Waals surface area contributed by atoms with Crippen LogP contribution in [0.15, 0.2) is 144 Å². The lowest BCUT2D eigenvalue weighted by Gasteiger charge is -2.37. The molecule has 0 bridgehead atoms. The van der Waals surface area contributed by atoms with Gasteiger partial charge in [0.25, 0.3) is 5.91 Å². The first-order chi connectivity index (χ1) is 23.5. The number of fused-ring (bicyclic) bond motifs is 1. The summed E-state index contributed by atoms with van der Waals surface area (Å²) in [6, 6.07) is 46.3. The Bertz CT molecular complexity index is 1920. The van der Waals surface area contributed by atoms with E-state index in [9.17, 15) is 9.59 Å². The molecule has 7 rings (SSSR count). The van der Waals surface area contributed by atoms with E-state index in [1.165, 1.54) is 0 Å². The number of benzene rings is 5. The Morgan fingerprint density at radius 1 is 0.792 bits per heavy atom. The van der Waals surface area contributed by atoms with Gasteiger partial charge in [-0.15, -0.1) is 0 Å². The van der Waals surface area contributed by atoms with Crippen molar-refractivity contribution >= 4 is 38.8 Å². The van der Waals surface area contributed by atoms with Crippen LogP contribution in [0.5, 0.6) is 0 Å². The highest BCUT2D eigenvalue weighted by Gasteiger charge is 2.41. The molecular formula is C40H35BrN4O3. The Kier molecular flexibility index (Phi) is 9.07. The molecule has 48 heavy (non-hydrogen) atoms. The van der Waals surface area contributed by atoms with Gasteiger partial charge >= 0.3 is 6.09 Å². The molecule has 0 aliphatic carbocycles. The van der Waals surface area contributed by atoms with Crippen LogP contribution in [0.1, 0.15) is 45.5 Å². The molecule has 1 aromatic heterocycles. The first kappa shape index (κ1) is 31.4. The number of halogens is 1. The highest BCUT2D eigenvalue weighted by atomic mass is 79.9. The van der Waals surface area contributed by atoms with E-state index in [4.69, 9.17) is 9.84 Å². The summed E-state index contributed by atoms with van der Waals surface area (Å²) in [5, 5.41) is 9.11. The molecule has 0 radical (unpaired) electrons. The fraction of sp³-hybridized carbons (Fsp3) is 0.175. The van der Waals surface area contributed by atoms with Gasteiger partial charge < -0.3 is 15.0 Å². The van der Waals surface area contributed by atoms with Gasteiger partial charge in [0.15, 0.2) is 0 Å². The number of aromatic nitrogens is 2. The molecule has 8 heteroatoms. The molecule has 0 saturated carbocycles. The maximum Gasteiger partial charge on any atom is 0.410 e. The molecule has 1 aliphatic heterocycles. The third kappa shape index (κ3) is 6.11. The van der Waals surface area contributed by atoms with E-state index in [2.05, 4.69) is 98.7 Å². The summed E-state index contributed by atoms with van der Waals surface area (Å²) in [6.45, 7) is 1.22. The largest absolute Gasteiger partial charge is 0.445 e. The van der Waals surface area contributed by atoms with Crippen molar-refractivity contribution in [3.05, 3.63) is 172 Å². The van der Waals surface area contributed by atoms with Crippen LogP contribution in [0, 0.1) is 0 Å². The van der Waals surface area contributed by atoms with Gasteiger partial charge in [0, 0.05) is 30.1 Å². The Morgan fingerprint density at radius 3 is 1.94 bits per heavy atom. The van der Waals surface area contributed by atoms with Crippen LogP contribution in [-0.4, -0.2) is 45.8 Å². The van der Waals surface area contributed by atoms with Crippen LogP contribution < -0.4 is 5.32 Å². The van der Waals surface area contributed by atoms with Gasteiger partial charge in [-0.05, 0) is 69.2 Å². The molecule has 2 heterocycles. The summed E-state index contributed by atoms with van der Waals surface area (Å²) < 4.78 is 8.26. The third-order valence-corrected chi connectivity index (χ3v) is 9.60. The van der Waals surface area contributed by atoms with Crippen LogP contribution in [0.3, 0.4) is 0 Å². The molecule has 6 aromatic rings. The average Bonchev–Trinajstić information content (AvgIpc) is 3.48. The van der Waals surface area contributed by atoms with Gasteiger partial charge in [0.05, 0.1) is 5.52 Å². The van der Waals surface area contributed by atoms with Gasteiger partial charge in [0.1, 0.15) is 16.7 Å². The molecule has 0 spiro atoms. The Morgan fingerprint density at radius 2 is 1.35 bits per heavy atom. The summed E-state index contributed by atoms with van der Waals surface area (Å²) >= 11 is 3.74. The predicted molar refractivity (Wildman–Crippen MR) is 191 cm³/mol. The van der Waals surface area contributed by atoms with Gasteiger partial charge in [-0.2, -0.15) is 5.10 Å². The van der Waals surface area contributed by atoms with Crippen LogP contribution in [-0.2, 0) is 16.9 Å². The lowest BCUT2D eigenvalue weighted by atomic mass is 9.77. The van der Waals surface area contributed by atoms with Crippen molar-refractivity contribution in [3.63, 3.8) is 0 Å². The lowest BCUT2D eigenvalue weighted by Crippen LogP contribution is -2.49. The van der Waals surface area contributed by atoms with Gasteiger partial charge in [-0.3, -0.25) is 4.79 Å². The summed E-state index contributed by atoms with van der Waals surface area (Å²) in [5.41, 5.74) is 4.72. The normalized spacial score (nSPS) is 14.9. The smallest absolute Gasteiger partial charge is 0.410 e. The zero-order valence-electron chi connectivity index (χ0n) is 26.3. The van der Waals surface area contributed by atoms with Crippen molar-refractivity contribution < 1.29 is 14.3 Å². The minimum absolute atomic E-state index is 0.181. The first-order valence-corrected chi connectivity index (χ1v) is 16.9. The highest BCUT2D eigenvalue weighted by Crippen LogP contribution is 2.43. The predicted octanol–water partition coefficient (Wildman–Crippen LogP) is 8.17. The minimum atomic E-state index is -0.793. The van der Waals surface area contributed by atoms with E-state index in [0.717, 1.165) is 46.0 Å². The van der Waals surface area contributed by atoms with Crippen molar-refractivity contribution in [1.29, 1.82) is 0 Å². The molecule has 7 nitrogen and oxygen atoms in total. The molecule has 0 unspecified atom stereocenters. The Hall–Kier alpha value is -5.21. The molecule has 5 aromatic carbocycles. The van der Waals surface area contributed by atoms with E-state index in [1.54, 1.807) is 4.90 Å². The summed E-state index contributed by atoms with van der Waals surface area (Å²) in [7, 11) is 0. The number of hydrogen-bond acceptors (Lipinski definition) is 4. The van der Waals surface area contributed by atoms with Gasteiger partial charge in [0.2, 0.25) is 0 Å². The molecule has 1 atom stereocenters. The number of nitrogens with one attached hydrogen (secondary N) is 1. The first-order valence-electron chi connectivity index (χ1n) is 16.2. The number of ether oxygens (including phenoxy) is 1. The fourth-order valence-electron chi connectivity index (χ4n) is 6.72. The molecule has 1 saturated heterocycles. The van der Waals surface area contributed by atoms with E-state index in [-0.39, 0.29) is 24.6 Å². The molecule has 1 N–H and O–H groups in total. The minimum Gasteiger partial charge on any atom is -0.445 e.